The molecule has 0 saturated heterocycles. The minimum absolute atomic E-state index is 0.0711. The first-order valence-corrected chi connectivity index (χ1v) is 9.41. The Bertz CT molecular complexity index is 844. The van der Waals surface area contributed by atoms with Crippen molar-refractivity contribution < 1.29 is 17.9 Å². The lowest BCUT2D eigenvalue weighted by atomic mass is 10.2. The van der Waals surface area contributed by atoms with Crippen molar-refractivity contribution in [2.24, 2.45) is 0 Å². The molecule has 0 fully saturated rings. The van der Waals surface area contributed by atoms with Crippen LogP contribution in [0.1, 0.15) is 21.1 Å². The summed E-state index contributed by atoms with van der Waals surface area (Å²) in [7, 11) is 0.727. The van der Waals surface area contributed by atoms with E-state index >= 15 is 0 Å². The van der Waals surface area contributed by atoms with Crippen molar-refractivity contribution in [1.29, 1.82) is 0 Å². The number of aryl methyl sites for hydroxylation is 1. The minimum Gasteiger partial charge on any atom is -0.495 e. The predicted octanol–water partition coefficient (Wildman–Crippen LogP) is 1.64. The molecule has 1 N–H and O–H groups in total. The summed E-state index contributed by atoms with van der Waals surface area (Å²) >= 11 is 1.45. The van der Waals surface area contributed by atoms with E-state index < -0.39 is 10.0 Å². The van der Waals surface area contributed by atoms with Gasteiger partial charge in [0.1, 0.15) is 10.6 Å². The standard InChI is InChI=1S/C15H19N3O4S2/c1-10-17-12(9-23-10)8-16-24(20,21)14-7-11(15(19)18(2)3)5-6-13(14)22-4/h5-7,9,16H,8H2,1-4H3. The molecule has 1 heterocycles. The number of carbonyl (C=O) groups is 1. The predicted molar refractivity (Wildman–Crippen MR) is 91.9 cm³/mol. The third kappa shape index (κ3) is 4.11. The minimum atomic E-state index is -3.85. The van der Waals surface area contributed by atoms with Gasteiger partial charge in [0.05, 0.1) is 24.4 Å². The molecule has 1 aromatic carbocycles. The Morgan fingerprint density at radius 3 is 2.62 bits per heavy atom. The number of sulfonamides is 1. The second-order valence-corrected chi connectivity index (χ2v) is 8.05. The first-order chi connectivity index (χ1) is 11.2. The molecule has 1 amide bonds. The van der Waals surface area contributed by atoms with E-state index in [0.29, 0.717) is 5.69 Å². The highest BCUT2D eigenvalue weighted by Gasteiger charge is 2.22. The van der Waals surface area contributed by atoms with E-state index in [1.165, 1.54) is 41.5 Å². The maximum Gasteiger partial charge on any atom is 0.253 e. The van der Waals surface area contributed by atoms with Crippen LogP contribution in [0.25, 0.3) is 0 Å². The molecule has 0 spiro atoms. The van der Waals surface area contributed by atoms with Crippen molar-refractivity contribution in [1.82, 2.24) is 14.6 Å². The Balaban J connectivity index is 2.33. The molecule has 1 aromatic heterocycles. The van der Waals surface area contributed by atoms with Crippen molar-refractivity contribution in [3.8, 4) is 5.75 Å². The largest absolute Gasteiger partial charge is 0.495 e. The molecular formula is C15H19N3O4S2. The number of hydrogen-bond acceptors (Lipinski definition) is 6. The van der Waals surface area contributed by atoms with Gasteiger partial charge in [0.25, 0.3) is 5.91 Å². The highest BCUT2D eigenvalue weighted by Crippen LogP contribution is 2.25. The average Bonchev–Trinajstić information content (AvgIpc) is 2.97. The maximum absolute atomic E-state index is 12.6. The lowest BCUT2D eigenvalue weighted by molar-refractivity contribution is 0.0827. The SMILES string of the molecule is COc1ccc(C(=O)N(C)C)cc1S(=O)(=O)NCc1csc(C)n1. The van der Waals surface area contributed by atoms with Gasteiger partial charge in [-0.25, -0.2) is 18.1 Å². The van der Waals surface area contributed by atoms with Crippen LogP contribution in [0.4, 0.5) is 0 Å². The molecule has 0 aliphatic carbocycles. The first kappa shape index (κ1) is 18.4. The quantitative estimate of drug-likeness (QED) is 0.836. The van der Waals surface area contributed by atoms with Crippen molar-refractivity contribution >= 4 is 27.3 Å². The molecule has 2 rings (SSSR count). The third-order valence-electron chi connectivity index (χ3n) is 3.22. The number of methoxy groups -OCH3 is 1. The highest BCUT2D eigenvalue weighted by atomic mass is 32.2. The Hall–Kier alpha value is -1.97. The fourth-order valence-corrected chi connectivity index (χ4v) is 3.82. The second-order valence-electron chi connectivity index (χ2n) is 5.25. The molecule has 2 aromatic rings. The lowest BCUT2D eigenvalue weighted by Gasteiger charge is -2.14. The van der Waals surface area contributed by atoms with Crippen LogP contribution in [-0.4, -0.2) is 45.4 Å². The molecule has 0 bridgehead atoms. The van der Waals surface area contributed by atoms with Crippen molar-refractivity contribution in [3.05, 3.63) is 39.8 Å². The molecule has 130 valence electrons. The van der Waals surface area contributed by atoms with Gasteiger partial charge in [-0.05, 0) is 25.1 Å². The van der Waals surface area contributed by atoms with Crippen molar-refractivity contribution in [3.63, 3.8) is 0 Å². The zero-order valence-electron chi connectivity index (χ0n) is 13.9. The summed E-state index contributed by atoms with van der Waals surface area (Å²) in [6, 6.07) is 4.32. The molecule has 7 nitrogen and oxygen atoms in total. The van der Waals surface area contributed by atoms with Crippen molar-refractivity contribution in [2.45, 2.75) is 18.4 Å². The smallest absolute Gasteiger partial charge is 0.253 e. The number of amides is 1. The van der Waals surface area contributed by atoms with Gasteiger partial charge in [-0.2, -0.15) is 0 Å². The second kappa shape index (κ2) is 7.29. The zero-order chi connectivity index (χ0) is 17.9. The molecule has 9 heteroatoms. The van der Waals surface area contributed by atoms with Gasteiger partial charge < -0.3 is 9.64 Å². The number of rotatable bonds is 6. The number of aromatic nitrogens is 1. The number of thiazole rings is 1. The Morgan fingerprint density at radius 1 is 1.38 bits per heavy atom. The van der Waals surface area contributed by atoms with E-state index in [0.717, 1.165) is 5.01 Å². The summed E-state index contributed by atoms with van der Waals surface area (Å²) in [5.74, 6) is -0.114. The molecule has 0 radical (unpaired) electrons. The summed E-state index contributed by atoms with van der Waals surface area (Å²) in [6.07, 6.45) is 0. The normalized spacial score (nSPS) is 11.3. The monoisotopic (exact) mass is 369 g/mol. The highest BCUT2D eigenvalue weighted by molar-refractivity contribution is 7.89. The Morgan fingerprint density at radius 2 is 2.08 bits per heavy atom. The lowest BCUT2D eigenvalue weighted by Crippen LogP contribution is -2.25. The van der Waals surface area contributed by atoms with Crippen LogP contribution in [0, 0.1) is 6.92 Å². The number of nitrogens with zero attached hydrogens (tertiary/aromatic N) is 2. The topological polar surface area (TPSA) is 88.6 Å². The van der Waals surface area contributed by atoms with E-state index in [9.17, 15) is 13.2 Å². The van der Waals surface area contributed by atoms with Gasteiger partial charge in [-0.3, -0.25) is 4.79 Å². The average molecular weight is 369 g/mol. The van der Waals surface area contributed by atoms with E-state index in [2.05, 4.69) is 9.71 Å². The van der Waals surface area contributed by atoms with Gasteiger partial charge in [-0.1, -0.05) is 0 Å². The number of carbonyl (C=O) groups excluding carboxylic acids is 1. The van der Waals surface area contributed by atoms with Crippen LogP contribution in [0.15, 0.2) is 28.5 Å². The number of nitrogens with one attached hydrogen (secondary N) is 1. The Labute approximate surface area is 145 Å². The molecule has 24 heavy (non-hydrogen) atoms. The summed E-state index contributed by atoms with van der Waals surface area (Å²) in [5, 5.41) is 2.65. The third-order valence-corrected chi connectivity index (χ3v) is 5.46. The van der Waals surface area contributed by atoms with Crippen LogP contribution < -0.4 is 9.46 Å². The van der Waals surface area contributed by atoms with Crippen LogP contribution in [0.5, 0.6) is 5.75 Å². The van der Waals surface area contributed by atoms with Gasteiger partial charge in [0.2, 0.25) is 10.0 Å². The Kier molecular flexibility index (Phi) is 5.58. The van der Waals surface area contributed by atoms with Crippen molar-refractivity contribution in [2.75, 3.05) is 21.2 Å². The first-order valence-electron chi connectivity index (χ1n) is 7.05. The number of ether oxygens (including phenoxy) is 1. The van der Waals surface area contributed by atoms with Crippen LogP contribution in [0.2, 0.25) is 0 Å². The molecule has 0 aliphatic rings. The number of benzene rings is 1. The molecule has 0 atom stereocenters. The van der Waals surface area contributed by atoms with Gasteiger partial charge >= 0.3 is 0 Å². The van der Waals surface area contributed by atoms with E-state index in [4.69, 9.17) is 4.74 Å². The summed E-state index contributed by atoms with van der Waals surface area (Å²) in [5.41, 5.74) is 0.909. The van der Waals surface area contributed by atoms with E-state index in [-0.39, 0.29) is 28.7 Å². The summed E-state index contributed by atoms with van der Waals surface area (Å²) in [4.78, 5) is 17.6. The molecule has 0 saturated carbocycles. The molecule has 0 unspecified atom stereocenters. The molecular weight excluding hydrogens is 350 g/mol. The van der Waals surface area contributed by atoms with Gasteiger partial charge in [-0.15, -0.1) is 11.3 Å². The number of hydrogen-bond donors (Lipinski definition) is 1. The summed E-state index contributed by atoms with van der Waals surface area (Å²) in [6.45, 7) is 1.92. The molecule has 0 aliphatic heterocycles. The summed E-state index contributed by atoms with van der Waals surface area (Å²) < 4.78 is 32.8. The fraction of sp³-hybridized carbons (Fsp3) is 0.333. The van der Waals surface area contributed by atoms with Crippen LogP contribution >= 0.6 is 11.3 Å². The van der Waals surface area contributed by atoms with Crippen LogP contribution in [0.3, 0.4) is 0 Å². The maximum atomic E-state index is 12.6. The van der Waals surface area contributed by atoms with E-state index in [1.54, 1.807) is 19.5 Å². The van der Waals surface area contributed by atoms with Gasteiger partial charge in [0.15, 0.2) is 0 Å². The fourth-order valence-electron chi connectivity index (χ4n) is 2.01. The van der Waals surface area contributed by atoms with E-state index in [1.807, 2.05) is 6.92 Å². The van der Waals surface area contributed by atoms with Crippen LogP contribution in [-0.2, 0) is 16.6 Å². The van der Waals surface area contributed by atoms with Gasteiger partial charge in [0, 0.05) is 25.0 Å². The zero-order valence-corrected chi connectivity index (χ0v) is 15.5.